The van der Waals surface area contributed by atoms with E-state index in [2.05, 4.69) is 10.2 Å². The Morgan fingerprint density at radius 3 is 2.53 bits per heavy atom. The van der Waals surface area contributed by atoms with E-state index in [0.29, 0.717) is 48.8 Å². The normalized spacial score (nSPS) is 15.0. The number of nitrogens with zero attached hydrogens (tertiary/aromatic N) is 1. The van der Waals surface area contributed by atoms with Crippen LogP contribution in [0.15, 0.2) is 45.6 Å². The first-order chi connectivity index (χ1) is 17.4. The minimum absolute atomic E-state index is 0.0478. The van der Waals surface area contributed by atoms with Gasteiger partial charge in [-0.05, 0) is 55.2 Å². The van der Waals surface area contributed by atoms with Gasteiger partial charge in [0.1, 0.15) is 5.58 Å². The molecule has 1 aliphatic heterocycles. The van der Waals surface area contributed by atoms with Crippen LogP contribution < -0.4 is 20.4 Å². The molecule has 4 rings (SSSR count). The predicted molar refractivity (Wildman–Crippen MR) is 138 cm³/mol. The van der Waals surface area contributed by atoms with Gasteiger partial charge in [-0.1, -0.05) is 18.2 Å². The first-order valence-electron chi connectivity index (χ1n) is 12.2. The zero-order valence-electron chi connectivity index (χ0n) is 21.4. The maximum atomic E-state index is 12.9. The molecule has 2 heterocycles. The van der Waals surface area contributed by atoms with Crippen LogP contribution in [0.1, 0.15) is 34.7 Å². The summed E-state index contributed by atoms with van der Waals surface area (Å²) in [4.78, 5) is 27.8. The van der Waals surface area contributed by atoms with E-state index in [1.807, 2.05) is 50.2 Å². The van der Waals surface area contributed by atoms with Crippen molar-refractivity contribution in [3.05, 3.63) is 69.1 Å². The van der Waals surface area contributed by atoms with Crippen molar-refractivity contribution in [1.82, 2.24) is 10.2 Å². The molecular weight excluding hydrogens is 460 g/mol. The largest absolute Gasteiger partial charge is 0.493 e. The lowest BCUT2D eigenvalue weighted by Crippen LogP contribution is -2.43. The highest BCUT2D eigenvalue weighted by atomic mass is 16.5. The van der Waals surface area contributed by atoms with Gasteiger partial charge in [0.2, 0.25) is 5.91 Å². The van der Waals surface area contributed by atoms with Gasteiger partial charge < -0.3 is 23.9 Å². The molecule has 1 saturated heterocycles. The smallest absolute Gasteiger partial charge is 0.339 e. The Kier molecular flexibility index (Phi) is 8.28. The Morgan fingerprint density at radius 2 is 1.81 bits per heavy atom. The number of fused-ring (bicyclic) bond motifs is 1. The molecule has 36 heavy (non-hydrogen) atoms. The molecule has 1 aliphatic rings. The number of hydrogen-bond acceptors (Lipinski definition) is 7. The summed E-state index contributed by atoms with van der Waals surface area (Å²) in [6, 6.07) is 11.6. The first-order valence-corrected chi connectivity index (χ1v) is 12.2. The number of methoxy groups -OCH3 is 2. The molecule has 3 aromatic rings. The van der Waals surface area contributed by atoms with Crippen LogP contribution >= 0.6 is 0 Å². The Morgan fingerprint density at radius 1 is 1.06 bits per heavy atom. The fourth-order valence-corrected chi connectivity index (χ4v) is 4.73. The molecule has 1 amide bonds. The van der Waals surface area contributed by atoms with Crippen LogP contribution in [0, 0.1) is 13.8 Å². The summed E-state index contributed by atoms with van der Waals surface area (Å²) < 4.78 is 21.9. The minimum atomic E-state index is -0.380. The number of ether oxygens (including phenoxy) is 3. The fourth-order valence-electron chi connectivity index (χ4n) is 4.73. The summed E-state index contributed by atoms with van der Waals surface area (Å²) in [6.45, 7) is 7.13. The number of aryl methyl sites for hydroxylation is 2. The Hall–Kier alpha value is -3.36. The third-order valence-electron chi connectivity index (χ3n) is 6.82. The number of nitrogens with one attached hydrogen (secondary N) is 1. The molecule has 1 fully saturated rings. The van der Waals surface area contributed by atoms with Crippen LogP contribution in [0.3, 0.4) is 0 Å². The summed E-state index contributed by atoms with van der Waals surface area (Å²) >= 11 is 0. The lowest BCUT2D eigenvalue weighted by atomic mass is 10.0. The topological polar surface area (TPSA) is 90.2 Å². The fraction of sp³-hybridized carbons (Fsp3) is 0.429. The zero-order valence-corrected chi connectivity index (χ0v) is 21.4. The molecule has 8 heteroatoms. The van der Waals surface area contributed by atoms with E-state index in [-0.39, 0.29) is 24.0 Å². The molecule has 1 unspecified atom stereocenters. The van der Waals surface area contributed by atoms with Crippen molar-refractivity contribution in [2.24, 2.45) is 0 Å². The summed E-state index contributed by atoms with van der Waals surface area (Å²) in [7, 11) is 3.22. The number of rotatable bonds is 9. The summed E-state index contributed by atoms with van der Waals surface area (Å²) in [5.41, 5.74) is 3.67. The van der Waals surface area contributed by atoms with Crippen molar-refractivity contribution in [2.45, 2.75) is 32.7 Å². The number of carbonyl (C=O) groups is 1. The minimum Gasteiger partial charge on any atom is -0.493 e. The van der Waals surface area contributed by atoms with Gasteiger partial charge in [-0.2, -0.15) is 0 Å². The second-order valence-corrected chi connectivity index (χ2v) is 9.08. The van der Waals surface area contributed by atoms with Crippen LogP contribution in [0.5, 0.6) is 11.5 Å². The van der Waals surface area contributed by atoms with Gasteiger partial charge >= 0.3 is 5.63 Å². The zero-order chi connectivity index (χ0) is 25.7. The van der Waals surface area contributed by atoms with Crippen LogP contribution in [0.25, 0.3) is 11.0 Å². The first kappa shape index (κ1) is 25.7. The number of benzene rings is 2. The summed E-state index contributed by atoms with van der Waals surface area (Å²) in [6.07, 6.45) is 0.521. The summed E-state index contributed by atoms with van der Waals surface area (Å²) in [5.74, 6) is 1.19. The highest BCUT2D eigenvalue weighted by Gasteiger charge is 2.24. The summed E-state index contributed by atoms with van der Waals surface area (Å²) in [5, 5.41) is 3.97. The van der Waals surface area contributed by atoms with Crippen molar-refractivity contribution >= 4 is 16.9 Å². The van der Waals surface area contributed by atoms with Gasteiger partial charge in [-0.3, -0.25) is 9.69 Å². The van der Waals surface area contributed by atoms with Crippen molar-refractivity contribution < 1.29 is 23.4 Å². The van der Waals surface area contributed by atoms with Gasteiger partial charge in [-0.15, -0.1) is 0 Å². The van der Waals surface area contributed by atoms with E-state index < -0.39 is 0 Å². The Balaban J connectivity index is 1.46. The van der Waals surface area contributed by atoms with Crippen molar-refractivity contribution in [3.8, 4) is 11.5 Å². The maximum absolute atomic E-state index is 12.9. The van der Waals surface area contributed by atoms with Gasteiger partial charge in [0.15, 0.2) is 11.5 Å². The van der Waals surface area contributed by atoms with E-state index in [9.17, 15) is 9.59 Å². The molecule has 8 nitrogen and oxygen atoms in total. The van der Waals surface area contributed by atoms with Crippen LogP contribution in [0.4, 0.5) is 0 Å². The van der Waals surface area contributed by atoms with Crippen LogP contribution in [-0.2, 0) is 16.0 Å². The van der Waals surface area contributed by atoms with Crippen LogP contribution in [0.2, 0.25) is 0 Å². The molecule has 2 aromatic carbocycles. The van der Waals surface area contributed by atoms with E-state index in [4.69, 9.17) is 18.6 Å². The van der Waals surface area contributed by atoms with Gasteiger partial charge in [0, 0.05) is 37.0 Å². The molecule has 1 N–H and O–H groups in total. The van der Waals surface area contributed by atoms with Crippen molar-refractivity contribution in [2.75, 3.05) is 47.1 Å². The third kappa shape index (κ3) is 5.71. The second kappa shape index (κ2) is 11.6. The SMILES string of the molecule is COc1ccc(C(CNC(=O)CCc2c(C)c3ccc(C)cc3oc2=O)N2CCOCC2)cc1OC. The van der Waals surface area contributed by atoms with E-state index in [1.165, 1.54) is 0 Å². The van der Waals surface area contributed by atoms with Gasteiger partial charge in [-0.25, -0.2) is 4.79 Å². The highest BCUT2D eigenvalue weighted by molar-refractivity contribution is 5.82. The molecule has 1 aromatic heterocycles. The predicted octanol–water partition coefficient (Wildman–Crippen LogP) is 3.55. The Bertz CT molecular complexity index is 1280. The average molecular weight is 495 g/mol. The average Bonchev–Trinajstić information content (AvgIpc) is 2.88. The number of amides is 1. The Labute approximate surface area is 211 Å². The molecule has 0 bridgehead atoms. The molecule has 0 saturated carbocycles. The monoisotopic (exact) mass is 494 g/mol. The number of morpholine rings is 1. The van der Waals surface area contributed by atoms with Gasteiger partial charge in [0.25, 0.3) is 0 Å². The van der Waals surface area contributed by atoms with E-state index >= 15 is 0 Å². The molecule has 0 radical (unpaired) electrons. The molecule has 192 valence electrons. The molecule has 1 atom stereocenters. The third-order valence-corrected chi connectivity index (χ3v) is 6.82. The highest BCUT2D eigenvalue weighted by Crippen LogP contribution is 2.32. The van der Waals surface area contributed by atoms with Crippen LogP contribution in [-0.4, -0.2) is 57.9 Å². The number of hydrogen-bond donors (Lipinski definition) is 1. The second-order valence-electron chi connectivity index (χ2n) is 9.08. The van der Waals surface area contributed by atoms with Crippen molar-refractivity contribution in [1.29, 1.82) is 0 Å². The molecule has 0 aliphatic carbocycles. The standard InChI is InChI=1S/C28H34N2O6/c1-18-5-7-21-19(2)22(28(32)36-25(21)15-18)8-10-27(31)29-17-23(30-11-13-35-14-12-30)20-6-9-24(33-3)26(16-20)34-4/h5-7,9,15-16,23H,8,10-14,17H2,1-4H3,(H,29,31). The van der Waals surface area contributed by atoms with Crippen molar-refractivity contribution in [3.63, 3.8) is 0 Å². The number of carbonyl (C=O) groups excluding carboxylic acids is 1. The maximum Gasteiger partial charge on any atom is 0.339 e. The van der Waals surface area contributed by atoms with E-state index in [1.54, 1.807) is 14.2 Å². The lowest BCUT2D eigenvalue weighted by Gasteiger charge is -2.35. The molecular formula is C28H34N2O6. The molecule has 0 spiro atoms. The van der Waals surface area contributed by atoms with Gasteiger partial charge in [0.05, 0.1) is 33.5 Å². The quantitative estimate of drug-likeness (QED) is 0.455. The lowest BCUT2D eigenvalue weighted by molar-refractivity contribution is -0.121. The van der Waals surface area contributed by atoms with E-state index in [0.717, 1.165) is 35.2 Å².